The smallest absolute Gasteiger partial charge is 0.254 e. The average molecular weight is 558 g/mol. The van der Waals surface area contributed by atoms with E-state index in [2.05, 4.69) is 67.0 Å². The van der Waals surface area contributed by atoms with Gasteiger partial charge in [0.2, 0.25) is 0 Å². The molecular weight excluding hydrogens is 520 g/mol. The summed E-state index contributed by atoms with van der Waals surface area (Å²) in [6.07, 6.45) is 9.50. The number of halogens is 1. The molecule has 0 spiro atoms. The molecule has 1 atom stereocenters. The van der Waals surface area contributed by atoms with E-state index < -0.39 is 5.92 Å². The van der Waals surface area contributed by atoms with E-state index in [9.17, 15) is 9.59 Å². The second-order valence-electron chi connectivity index (χ2n) is 10.4. The lowest BCUT2D eigenvalue weighted by Crippen LogP contribution is -2.38. The quantitative estimate of drug-likeness (QED) is 0.477. The highest BCUT2D eigenvalue weighted by Crippen LogP contribution is 2.33. The lowest BCUT2D eigenvalue weighted by atomic mass is 9.93. The Morgan fingerprint density at radius 3 is 2.67 bits per heavy atom. The Hall–Kier alpha value is -2.36. The van der Waals surface area contributed by atoms with Crippen LogP contribution in [-0.2, 0) is 4.79 Å². The fraction of sp³-hybridized carbons (Fsp3) is 0.556. The summed E-state index contributed by atoms with van der Waals surface area (Å²) < 4.78 is 2.91. The lowest BCUT2D eigenvalue weighted by Gasteiger charge is -2.26. The van der Waals surface area contributed by atoms with Gasteiger partial charge in [-0.15, -0.1) is 0 Å². The summed E-state index contributed by atoms with van der Waals surface area (Å²) in [6, 6.07) is 4.25. The van der Waals surface area contributed by atoms with Gasteiger partial charge in [0.05, 0.1) is 29.2 Å². The first-order valence-corrected chi connectivity index (χ1v) is 13.6. The molecule has 0 saturated heterocycles. The Kier molecular flexibility index (Phi) is 8.74. The Morgan fingerprint density at radius 2 is 1.94 bits per heavy atom. The van der Waals surface area contributed by atoms with Crippen LogP contribution >= 0.6 is 15.9 Å². The monoisotopic (exact) mass is 556 g/mol. The highest BCUT2D eigenvalue weighted by molar-refractivity contribution is 9.10. The molecule has 1 unspecified atom stereocenters. The largest absolute Gasteiger partial charge is 0.351 e. The van der Waals surface area contributed by atoms with Crippen LogP contribution in [0.15, 0.2) is 39.4 Å². The van der Waals surface area contributed by atoms with Gasteiger partial charge in [0, 0.05) is 28.7 Å². The fourth-order valence-corrected chi connectivity index (χ4v) is 5.71. The summed E-state index contributed by atoms with van der Waals surface area (Å²) >= 11 is 3.58. The second-order valence-corrected chi connectivity index (χ2v) is 11.3. The minimum absolute atomic E-state index is 0.194. The van der Waals surface area contributed by atoms with Crippen molar-refractivity contribution < 1.29 is 9.59 Å². The van der Waals surface area contributed by atoms with Crippen molar-refractivity contribution in [2.45, 2.75) is 45.1 Å². The number of rotatable bonds is 10. The molecule has 1 aromatic carbocycles. The molecule has 36 heavy (non-hydrogen) atoms. The molecular formula is C27H37BrN6O2. The zero-order valence-electron chi connectivity index (χ0n) is 21.8. The molecule has 2 heterocycles. The van der Waals surface area contributed by atoms with Crippen LogP contribution in [0, 0.1) is 5.92 Å². The van der Waals surface area contributed by atoms with Gasteiger partial charge in [-0.1, -0.05) is 28.8 Å². The van der Waals surface area contributed by atoms with E-state index in [1.54, 1.807) is 6.20 Å². The van der Waals surface area contributed by atoms with Crippen LogP contribution in [0.1, 0.15) is 55.4 Å². The number of likely N-dealkylation sites (N-methyl/N-ethyl adjacent to an activating group) is 1. The van der Waals surface area contributed by atoms with Crippen molar-refractivity contribution >= 4 is 44.4 Å². The third kappa shape index (κ3) is 6.30. The van der Waals surface area contributed by atoms with Crippen LogP contribution in [0.4, 0.5) is 0 Å². The van der Waals surface area contributed by atoms with Crippen LogP contribution in [0.3, 0.4) is 0 Å². The summed E-state index contributed by atoms with van der Waals surface area (Å²) in [5.74, 6) is -0.858. The third-order valence-corrected chi connectivity index (χ3v) is 7.54. The van der Waals surface area contributed by atoms with Gasteiger partial charge in [-0.05, 0) is 84.2 Å². The molecule has 1 fully saturated rings. The van der Waals surface area contributed by atoms with Crippen molar-refractivity contribution in [1.29, 1.82) is 0 Å². The molecule has 9 heteroatoms. The van der Waals surface area contributed by atoms with Crippen molar-refractivity contribution in [3.05, 3.63) is 40.0 Å². The highest BCUT2D eigenvalue weighted by atomic mass is 79.9. The summed E-state index contributed by atoms with van der Waals surface area (Å²) in [5, 5.41) is 8.49. The third-order valence-electron chi connectivity index (χ3n) is 7.09. The van der Waals surface area contributed by atoms with E-state index in [0.29, 0.717) is 23.9 Å². The molecule has 1 N–H and O–H groups in total. The van der Waals surface area contributed by atoms with E-state index >= 15 is 0 Å². The number of aliphatic imine (C=N–C) groups is 1. The summed E-state index contributed by atoms with van der Waals surface area (Å²) in [7, 11) is 6.21. The van der Waals surface area contributed by atoms with Gasteiger partial charge in [0.25, 0.3) is 11.8 Å². The molecule has 2 amide bonds. The maximum atomic E-state index is 13.3. The Labute approximate surface area is 221 Å². The predicted octanol–water partition coefficient (Wildman–Crippen LogP) is 4.07. The Bertz CT molecular complexity index is 1180. The SMILES string of the molecule is CC1=NC(=O)C(CNC(=O)c2cc(Br)cc3c2cnn3C2CCCC2)C(CN(C)CCCN(C)C)=C1. The number of fused-ring (bicyclic) bond motifs is 1. The van der Waals surface area contributed by atoms with Crippen LogP contribution in [0.25, 0.3) is 10.9 Å². The lowest BCUT2D eigenvalue weighted by molar-refractivity contribution is -0.120. The number of allylic oxidation sites excluding steroid dienone is 1. The van der Waals surface area contributed by atoms with Crippen LogP contribution in [0.5, 0.6) is 0 Å². The molecule has 1 saturated carbocycles. The van der Waals surface area contributed by atoms with Crippen molar-refractivity contribution in [2.75, 3.05) is 47.3 Å². The van der Waals surface area contributed by atoms with Gasteiger partial charge in [-0.2, -0.15) is 5.10 Å². The van der Waals surface area contributed by atoms with Crippen LogP contribution in [-0.4, -0.2) is 84.4 Å². The number of nitrogens with zero attached hydrogens (tertiary/aromatic N) is 5. The van der Waals surface area contributed by atoms with Gasteiger partial charge in [0.1, 0.15) is 0 Å². The van der Waals surface area contributed by atoms with E-state index in [1.165, 1.54) is 12.8 Å². The van der Waals surface area contributed by atoms with E-state index in [-0.39, 0.29) is 18.4 Å². The van der Waals surface area contributed by atoms with Crippen LogP contribution < -0.4 is 5.32 Å². The standard InChI is InChI=1S/C27H37BrN6O2/c1-18-12-19(17-33(4)11-7-10-32(2)3)23(27(36)31-18)15-29-26(35)22-13-20(28)14-25-24(22)16-30-34(25)21-8-5-6-9-21/h12-14,16,21,23H,5-11,15,17H2,1-4H3,(H,29,35). The van der Waals surface area contributed by atoms with Crippen molar-refractivity contribution in [3.63, 3.8) is 0 Å². The number of carbonyl (C=O) groups is 2. The van der Waals surface area contributed by atoms with Crippen molar-refractivity contribution in [2.24, 2.45) is 10.9 Å². The van der Waals surface area contributed by atoms with Gasteiger partial charge in [-0.3, -0.25) is 14.3 Å². The molecule has 0 bridgehead atoms. The average Bonchev–Trinajstić information content (AvgIpc) is 3.47. The maximum Gasteiger partial charge on any atom is 0.254 e. The van der Waals surface area contributed by atoms with E-state index in [1.807, 2.05) is 25.1 Å². The number of nitrogens with one attached hydrogen (secondary N) is 1. The fourth-order valence-electron chi connectivity index (χ4n) is 5.26. The predicted molar refractivity (Wildman–Crippen MR) is 148 cm³/mol. The molecule has 1 aliphatic carbocycles. The molecule has 1 aliphatic heterocycles. The zero-order chi connectivity index (χ0) is 25.8. The van der Waals surface area contributed by atoms with Gasteiger partial charge in [0.15, 0.2) is 0 Å². The first-order chi connectivity index (χ1) is 17.2. The highest BCUT2D eigenvalue weighted by Gasteiger charge is 2.28. The summed E-state index contributed by atoms with van der Waals surface area (Å²) in [6.45, 7) is 4.68. The molecule has 1 aromatic heterocycles. The molecule has 4 rings (SSSR count). The number of hydrogen-bond acceptors (Lipinski definition) is 5. The topological polar surface area (TPSA) is 82.8 Å². The van der Waals surface area contributed by atoms with E-state index in [0.717, 1.165) is 53.3 Å². The normalized spacial score (nSPS) is 18.9. The molecule has 194 valence electrons. The molecule has 8 nitrogen and oxygen atoms in total. The van der Waals surface area contributed by atoms with Gasteiger partial charge in [-0.25, -0.2) is 4.99 Å². The van der Waals surface area contributed by atoms with Crippen LogP contribution in [0.2, 0.25) is 0 Å². The van der Waals surface area contributed by atoms with Gasteiger partial charge >= 0.3 is 0 Å². The van der Waals surface area contributed by atoms with Crippen molar-refractivity contribution in [3.8, 4) is 0 Å². The van der Waals surface area contributed by atoms with Gasteiger partial charge < -0.3 is 15.1 Å². The number of dihydropyridines is 1. The molecule has 2 aliphatic rings. The minimum atomic E-state index is -0.460. The zero-order valence-corrected chi connectivity index (χ0v) is 23.3. The Balaban J connectivity index is 1.47. The minimum Gasteiger partial charge on any atom is -0.351 e. The second kappa shape index (κ2) is 11.8. The van der Waals surface area contributed by atoms with E-state index in [4.69, 9.17) is 0 Å². The first kappa shape index (κ1) is 26.7. The Morgan fingerprint density at radius 1 is 1.19 bits per heavy atom. The number of benzene rings is 1. The maximum absolute atomic E-state index is 13.3. The summed E-state index contributed by atoms with van der Waals surface area (Å²) in [4.78, 5) is 34.7. The number of hydrogen-bond donors (Lipinski definition) is 1. The number of aromatic nitrogens is 2. The number of amides is 2. The first-order valence-electron chi connectivity index (χ1n) is 12.8. The number of carbonyl (C=O) groups excluding carboxylic acids is 2. The molecule has 2 aromatic rings. The summed E-state index contributed by atoms with van der Waals surface area (Å²) in [5.41, 5.74) is 3.24. The molecule has 0 radical (unpaired) electrons. The van der Waals surface area contributed by atoms with Crippen molar-refractivity contribution in [1.82, 2.24) is 24.9 Å².